The second-order valence-corrected chi connectivity index (χ2v) is 8.67. The van der Waals surface area contributed by atoms with Crippen molar-refractivity contribution in [2.24, 2.45) is 0 Å². The molecule has 0 spiro atoms. The lowest BCUT2D eigenvalue weighted by Gasteiger charge is -2.21. The van der Waals surface area contributed by atoms with Crippen LogP contribution in [-0.4, -0.2) is 28.0 Å². The molecule has 1 fully saturated rings. The van der Waals surface area contributed by atoms with Gasteiger partial charge in [-0.15, -0.1) is 11.3 Å². The molecule has 0 atom stereocenters. The van der Waals surface area contributed by atoms with Crippen molar-refractivity contribution >= 4 is 37.6 Å². The average Bonchev–Trinajstić information content (AvgIpc) is 3.28. The van der Waals surface area contributed by atoms with Gasteiger partial charge in [0, 0.05) is 24.2 Å². The molecule has 3 aromatic heterocycles. The molecular weight excluding hydrogens is 328 g/mol. The summed E-state index contributed by atoms with van der Waals surface area (Å²) < 4.78 is 1.24. The van der Waals surface area contributed by atoms with E-state index < -0.39 is 0 Å². The van der Waals surface area contributed by atoms with Crippen LogP contribution in [0.25, 0.3) is 20.4 Å². The molecule has 0 N–H and O–H groups in total. The summed E-state index contributed by atoms with van der Waals surface area (Å²) in [5.41, 5.74) is 5.48. The summed E-state index contributed by atoms with van der Waals surface area (Å²) in [5, 5.41) is 1.32. The van der Waals surface area contributed by atoms with Crippen molar-refractivity contribution in [3.05, 3.63) is 23.1 Å². The fourth-order valence-electron chi connectivity index (χ4n) is 4.51. The zero-order valence-electron chi connectivity index (χ0n) is 15.0. The maximum atomic E-state index is 5.13. The molecule has 5 rings (SSSR count). The van der Waals surface area contributed by atoms with Crippen LogP contribution in [0.2, 0.25) is 0 Å². The van der Waals surface area contributed by atoms with E-state index in [9.17, 15) is 0 Å². The number of fused-ring (bicyclic) bond motifs is 5. The van der Waals surface area contributed by atoms with Gasteiger partial charge in [-0.1, -0.05) is 13.8 Å². The number of hydrogen-bond donors (Lipinski definition) is 0. The molecule has 0 unspecified atom stereocenters. The Labute approximate surface area is 152 Å². The molecule has 5 heteroatoms. The first kappa shape index (κ1) is 15.5. The Balaban J connectivity index is 1.83. The van der Waals surface area contributed by atoms with E-state index in [1.165, 1.54) is 70.3 Å². The molecule has 1 saturated heterocycles. The van der Waals surface area contributed by atoms with Gasteiger partial charge in [0.1, 0.15) is 17.0 Å². The van der Waals surface area contributed by atoms with E-state index in [4.69, 9.17) is 9.97 Å². The van der Waals surface area contributed by atoms with Crippen molar-refractivity contribution < 1.29 is 0 Å². The number of anilines is 1. The normalized spacial score (nSPS) is 17.8. The van der Waals surface area contributed by atoms with Crippen molar-refractivity contribution in [1.29, 1.82) is 0 Å². The van der Waals surface area contributed by atoms with Gasteiger partial charge in [-0.3, -0.25) is 0 Å². The second kappa shape index (κ2) is 5.90. The third kappa shape index (κ3) is 2.35. The molecule has 4 nitrogen and oxygen atoms in total. The summed E-state index contributed by atoms with van der Waals surface area (Å²) in [4.78, 5) is 18.1. The monoisotopic (exact) mass is 352 g/mol. The number of nitrogens with zero attached hydrogens (tertiary/aromatic N) is 4. The number of hydrogen-bond acceptors (Lipinski definition) is 5. The van der Waals surface area contributed by atoms with Gasteiger partial charge in [-0.05, 0) is 55.6 Å². The Morgan fingerprint density at radius 2 is 1.76 bits per heavy atom. The van der Waals surface area contributed by atoms with Crippen molar-refractivity contribution in [2.75, 3.05) is 18.0 Å². The summed E-state index contributed by atoms with van der Waals surface area (Å²) in [6.07, 6.45) is 9.20. The number of aryl methyl sites for hydroxylation is 1. The van der Waals surface area contributed by atoms with Crippen LogP contribution in [0.5, 0.6) is 0 Å². The standard InChI is InChI=1S/C20H24N4S/c1-12(2)16-14-8-4-3-7-13(14)15-17-18(25-20(15)23-16)19(22-11-21-17)24-9-5-6-10-24/h11-12H,3-10H2,1-2H3. The maximum absolute atomic E-state index is 5.13. The van der Waals surface area contributed by atoms with E-state index in [0.29, 0.717) is 5.92 Å². The summed E-state index contributed by atoms with van der Waals surface area (Å²) in [7, 11) is 0. The Bertz CT molecular complexity index is 953. The fraction of sp³-hybridized carbons (Fsp3) is 0.550. The predicted molar refractivity (Wildman–Crippen MR) is 105 cm³/mol. The van der Waals surface area contributed by atoms with E-state index in [-0.39, 0.29) is 0 Å². The number of thiophene rings is 1. The van der Waals surface area contributed by atoms with Gasteiger partial charge in [0.25, 0.3) is 0 Å². The van der Waals surface area contributed by atoms with Gasteiger partial charge < -0.3 is 4.90 Å². The zero-order valence-corrected chi connectivity index (χ0v) is 15.8. The number of pyridine rings is 1. The van der Waals surface area contributed by atoms with Crippen LogP contribution in [0.4, 0.5) is 5.82 Å². The average molecular weight is 353 g/mol. The summed E-state index contributed by atoms with van der Waals surface area (Å²) >= 11 is 1.80. The molecule has 1 aliphatic carbocycles. The smallest absolute Gasteiger partial charge is 0.150 e. The molecule has 0 saturated carbocycles. The van der Waals surface area contributed by atoms with Crippen molar-refractivity contribution in [3.8, 4) is 0 Å². The lowest BCUT2D eigenvalue weighted by atomic mass is 9.86. The SMILES string of the molecule is CC(C)c1nc2sc3c(N4CCCC4)ncnc3c2c2c1CCCC2. The first-order chi connectivity index (χ1) is 12.2. The van der Waals surface area contributed by atoms with Crippen LogP contribution in [0, 0.1) is 0 Å². The number of aromatic nitrogens is 3. The highest BCUT2D eigenvalue weighted by atomic mass is 32.1. The van der Waals surface area contributed by atoms with Gasteiger partial charge in [0.05, 0.1) is 10.2 Å². The first-order valence-electron chi connectivity index (χ1n) is 9.58. The fourth-order valence-corrected chi connectivity index (χ4v) is 5.69. The largest absolute Gasteiger partial charge is 0.355 e. The van der Waals surface area contributed by atoms with Gasteiger partial charge in [-0.2, -0.15) is 0 Å². The third-order valence-corrected chi connectivity index (χ3v) is 6.76. The summed E-state index contributed by atoms with van der Waals surface area (Å²) in [5.74, 6) is 1.60. The van der Waals surface area contributed by atoms with E-state index in [0.717, 1.165) is 24.4 Å². The van der Waals surface area contributed by atoms with Crippen LogP contribution in [-0.2, 0) is 12.8 Å². The van der Waals surface area contributed by atoms with Crippen molar-refractivity contribution in [1.82, 2.24) is 15.0 Å². The second-order valence-electron chi connectivity index (χ2n) is 7.67. The van der Waals surface area contributed by atoms with E-state index in [1.807, 2.05) is 0 Å². The first-order valence-corrected chi connectivity index (χ1v) is 10.4. The lowest BCUT2D eigenvalue weighted by Crippen LogP contribution is -2.19. The van der Waals surface area contributed by atoms with Crippen molar-refractivity contribution in [3.63, 3.8) is 0 Å². The van der Waals surface area contributed by atoms with E-state index >= 15 is 0 Å². The number of rotatable bonds is 2. The lowest BCUT2D eigenvalue weighted by molar-refractivity contribution is 0.667. The van der Waals surface area contributed by atoms with Crippen LogP contribution < -0.4 is 4.90 Å². The minimum Gasteiger partial charge on any atom is -0.355 e. The molecular formula is C20H24N4S. The quantitative estimate of drug-likeness (QED) is 0.662. The molecule has 2 aliphatic rings. The summed E-state index contributed by atoms with van der Waals surface area (Å²) in [6.45, 7) is 6.77. The maximum Gasteiger partial charge on any atom is 0.150 e. The molecule has 4 heterocycles. The zero-order chi connectivity index (χ0) is 17.0. The predicted octanol–water partition coefficient (Wildman–Crippen LogP) is 4.84. The van der Waals surface area contributed by atoms with Crippen LogP contribution in [0.15, 0.2) is 6.33 Å². The van der Waals surface area contributed by atoms with E-state index in [1.54, 1.807) is 17.7 Å². The van der Waals surface area contributed by atoms with Crippen LogP contribution in [0.3, 0.4) is 0 Å². The van der Waals surface area contributed by atoms with Gasteiger partial charge in [-0.25, -0.2) is 15.0 Å². The molecule has 0 aromatic carbocycles. The highest BCUT2D eigenvalue weighted by Crippen LogP contribution is 2.42. The molecule has 0 bridgehead atoms. The molecule has 25 heavy (non-hydrogen) atoms. The Kier molecular flexibility index (Phi) is 3.66. The highest BCUT2D eigenvalue weighted by molar-refractivity contribution is 7.26. The molecule has 0 amide bonds. The molecule has 130 valence electrons. The Hall–Kier alpha value is -1.75. The Morgan fingerprint density at radius 3 is 2.52 bits per heavy atom. The van der Waals surface area contributed by atoms with Gasteiger partial charge in [0.15, 0.2) is 0 Å². The topological polar surface area (TPSA) is 41.9 Å². The Morgan fingerprint density at radius 1 is 1.00 bits per heavy atom. The van der Waals surface area contributed by atoms with E-state index in [2.05, 4.69) is 23.7 Å². The van der Waals surface area contributed by atoms with Crippen LogP contribution in [0.1, 0.15) is 62.3 Å². The molecule has 1 aliphatic heterocycles. The summed E-state index contributed by atoms with van der Waals surface area (Å²) in [6, 6.07) is 0. The van der Waals surface area contributed by atoms with Gasteiger partial charge in [0.2, 0.25) is 0 Å². The highest BCUT2D eigenvalue weighted by Gasteiger charge is 2.25. The minimum atomic E-state index is 0.477. The van der Waals surface area contributed by atoms with Crippen molar-refractivity contribution in [2.45, 2.75) is 58.3 Å². The third-order valence-electron chi connectivity index (χ3n) is 5.69. The molecule has 0 radical (unpaired) electrons. The molecule has 3 aromatic rings. The van der Waals surface area contributed by atoms with Gasteiger partial charge >= 0.3 is 0 Å². The minimum absolute atomic E-state index is 0.477. The van der Waals surface area contributed by atoms with Crippen LogP contribution >= 0.6 is 11.3 Å².